The van der Waals surface area contributed by atoms with Crippen molar-refractivity contribution in [3.8, 4) is 0 Å². The van der Waals surface area contributed by atoms with Gasteiger partial charge in [-0.3, -0.25) is 4.79 Å². The van der Waals surface area contributed by atoms with Crippen molar-refractivity contribution in [3.63, 3.8) is 0 Å². The topological polar surface area (TPSA) is 75.3 Å². The monoisotopic (exact) mass is 200 g/mol. The Kier molecular flexibility index (Phi) is 3.50. The highest BCUT2D eigenvalue weighted by atomic mass is 16.4. The van der Waals surface area contributed by atoms with E-state index in [1.54, 1.807) is 13.8 Å². The quantitative estimate of drug-likeness (QED) is 0.617. The summed E-state index contributed by atoms with van der Waals surface area (Å²) in [5, 5.41) is 12.3. The van der Waals surface area contributed by atoms with Crippen LogP contribution in [0.25, 0.3) is 0 Å². The second kappa shape index (κ2) is 4.28. The van der Waals surface area contributed by atoms with E-state index in [0.717, 1.165) is 25.9 Å². The van der Waals surface area contributed by atoms with Crippen molar-refractivity contribution in [2.24, 2.45) is 17.1 Å². The molecular weight excluding hydrogens is 180 g/mol. The van der Waals surface area contributed by atoms with Gasteiger partial charge in [0.25, 0.3) is 0 Å². The lowest BCUT2D eigenvalue weighted by Crippen LogP contribution is -2.52. The zero-order valence-corrected chi connectivity index (χ0v) is 8.92. The summed E-state index contributed by atoms with van der Waals surface area (Å²) in [7, 11) is 0. The van der Waals surface area contributed by atoms with Crippen LogP contribution >= 0.6 is 0 Å². The first-order valence-electron chi connectivity index (χ1n) is 5.16. The van der Waals surface area contributed by atoms with Crippen molar-refractivity contribution < 1.29 is 9.90 Å². The van der Waals surface area contributed by atoms with Gasteiger partial charge in [-0.25, -0.2) is 0 Å². The first-order valence-corrected chi connectivity index (χ1v) is 5.16. The molecule has 0 bridgehead atoms. The van der Waals surface area contributed by atoms with Gasteiger partial charge in [0, 0.05) is 6.04 Å². The van der Waals surface area contributed by atoms with Gasteiger partial charge in [-0.2, -0.15) is 0 Å². The van der Waals surface area contributed by atoms with Crippen LogP contribution in [-0.2, 0) is 4.79 Å². The molecule has 4 heteroatoms. The number of carboxylic acids is 1. The Morgan fingerprint density at radius 3 is 2.71 bits per heavy atom. The molecule has 1 aliphatic rings. The van der Waals surface area contributed by atoms with Crippen LogP contribution in [0.5, 0.6) is 0 Å². The average molecular weight is 200 g/mol. The van der Waals surface area contributed by atoms with E-state index in [4.69, 9.17) is 10.8 Å². The van der Waals surface area contributed by atoms with Crippen molar-refractivity contribution in [2.45, 2.75) is 32.7 Å². The van der Waals surface area contributed by atoms with Crippen LogP contribution in [0.15, 0.2) is 0 Å². The SMILES string of the molecule is CC(C)(C(=O)O)C(N)C1CCCNC1. The Morgan fingerprint density at radius 1 is 1.64 bits per heavy atom. The maximum absolute atomic E-state index is 11.0. The zero-order chi connectivity index (χ0) is 10.8. The van der Waals surface area contributed by atoms with Gasteiger partial charge in [0.05, 0.1) is 5.41 Å². The predicted octanol–water partition coefficient (Wildman–Crippen LogP) is 0.424. The summed E-state index contributed by atoms with van der Waals surface area (Å²) < 4.78 is 0. The van der Waals surface area contributed by atoms with Crippen molar-refractivity contribution in [1.82, 2.24) is 5.32 Å². The van der Waals surface area contributed by atoms with Crippen LogP contribution in [-0.4, -0.2) is 30.2 Å². The second-order valence-corrected chi connectivity index (χ2v) is 4.66. The lowest BCUT2D eigenvalue weighted by Gasteiger charge is -2.36. The maximum Gasteiger partial charge on any atom is 0.310 e. The van der Waals surface area contributed by atoms with Gasteiger partial charge in [0.2, 0.25) is 0 Å². The Bertz CT molecular complexity index is 210. The zero-order valence-electron chi connectivity index (χ0n) is 8.92. The summed E-state index contributed by atoms with van der Waals surface area (Å²) in [6.07, 6.45) is 2.12. The van der Waals surface area contributed by atoms with E-state index in [-0.39, 0.29) is 12.0 Å². The molecule has 0 radical (unpaired) electrons. The minimum absolute atomic E-state index is 0.271. The van der Waals surface area contributed by atoms with E-state index in [1.807, 2.05) is 0 Å². The fraction of sp³-hybridized carbons (Fsp3) is 0.900. The number of aliphatic carboxylic acids is 1. The second-order valence-electron chi connectivity index (χ2n) is 4.66. The third-order valence-corrected chi connectivity index (χ3v) is 3.23. The van der Waals surface area contributed by atoms with Crippen LogP contribution < -0.4 is 11.1 Å². The number of nitrogens with one attached hydrogen (secondary N) is 1. The Hall–Kier alpha value is -0.610. The van der Waals surface area contributed by atoms with E-state index in [0.29, 0.717) is 0 Å². The summed E-state index contributed by atoms with van der Waals surface area (Å²) in [4.78, 5) is 11.0. The molecule has 0 spiro atoms. The third-order valence-electron chi connectivity index (χ3n) is 3.23. The molecule has 0 aromatic rings. The Labute approximate surface area is 84.9 Å². The average Bonchev–Trinajstić information content (AvgIpc) is 2.17. The van der Waals surface area contributed by atoms with Gasteiger partial charge in [-0.15, -0.1) is 0 Å². The Morgan fingerprint density at radius 2 is 2.29 bits per heavy atom. The van der Waals surface area contributed by atoms with Gasteiger partial charge in [0.1, 0.15) is 0 Å². The highest BCUT2D eigenvalue weighted by molar-refractivity contribution is 5.74. The van der Waals surface area contributed by atoms with E-state index < -0.39 is 11.4 Å². The molecule has 4 N–H and O–H groups in total. The molecule has 0 amide bonds. The lowest BCUT2D eigenvalue weighted by atomic mass is 9.75. The lowest BCUT2D eigenvalue weighted by molar-refractivity contribution is -0.149. The maximum atomic E-state index is 11.0. The van der Waals surface area contributed by atoms with Gasteiger partial charge in [0.15, 0.2) is 0 Å². The fourth-order valence-electron chi connectivity index (χ4n) is 1.92. The van der Waals surface area contributed by atoms with Gasteiger partial charge < -0.3 is 16.2 Å². The molecule has 2 unspecified atom stereocenters. The van der Waals surface area contributed by atoms with Gasteiger partial charge in [-0.1, -0.05) is 0 Å². The molecule has 4 nitrogen and oxygen atoms in total. The molecule has 1 rings (SSSR count). The van der Waals surface area contributed by atoms with E-state index in [2.05, 4.69) is 5.32 Å². The number of hydrogen-bond acceptors (Lipinski definition) is 3. The minimum Gasteiger partial charge on any atom is -0.481 e. The van der Waals surface area contributed by atoms with Crippen molar-refractivity contribution >= 4 is 5.97 Å². The fourth-order valence-corrected chi connectivity index (χ4v) is 1.92. The minimum atomic E-state index is -0.830. The molecule has 1 saturated heterocycles. The summed E-state index contributed by atoms with van der Waals surface area (Å²) >= 11 is 0. The van der Waals surface area contributed by atoms with E-state index >= 15 is 0 Å². The van der Waals surface area contributed by atoms with Gasteiger partial charge in [-0.05, 0) is 45.7 Å². The van der Waals surface area contributed by atoms with E-state index in [9.17, 15) is 4.79 Å². The molecule has 0 saturated carbocycles. The number of carbonyl (C=O) groups is 1. The summed E-state index contributed by atoms with van der Waals surface area (Å²) in [5.41, 5.74) is 5.18. The molecule has 0 aliphatic carbocycles. The summed E-state index contributed by atoms with van der Waals surface area (Å²) in [5.74, 6) is -0.523. The number of piperidine rings is 1. The summed E-state index contributed by atoms with van der Waals surface area (Å²) in [6.45, 7) is 5.28. The molecule has 0 aromatic carbocycles. The van der Waals surface area contributed by atoms with Crippen molar-refractivity contribution in [1.29, 1.82) is 0 Å². The highest BCUT2D eigenvalue weighted by Crippen LogP contribution is 2.28. The van der Waals surface area contributed by atoms with Crippen molar-refractivity contribution in [3.05, 3.63) is 0 Å². The molecular formula is C10H20N2O2. The van der Waals surface area contributed by atoms with Crippen molar-refractivity contribution in [2.75, 3.05) is 13.1 Å². The summed E-state index contributed by atoms with van der Waals surface area (Å²) in [6, 6.07) is -0.271. The molecule has 1 fully saturated rings. The number of carboxylic acid groups (broad SMARTS) is 1. The molecule has 14 heavy (non-hydrogen) atoms. The largest absolute Gasteiger partial charge is 0.481 e. The first-order chi connectivity index (χ1) is 6.46. The standard InChI is InChI=1S/C10H20N2O2/c1-10(2,9(13)14)8(11)7-4-3-5-12-6-7/h7-8,12H,3-6,11H2,1-2H3,(H,13,14). The molecule has 1 heterocycles. The number of nitrogens with two attached hydrogens (primary N) is 1. The van der Waals surface area contributed by atoms with E-state index in [1.165, 1.54) is 0 Å². The normalized spacial score (nSPS) is 25.8. The molecule has 82 valence electrons. The van der Waals surface area contributed by atoms with Crippen LogP contribution in [0.2, 0.25) is 0 Å². The van der Waals surface area contributed by atoms with Crippen LogP contribution in [0.4, 0.5) is 0 Å². The van der Waals surface area contributed by atoms with Crippen LogP contribution in [0.1, 0.15) is 26.7 Å². The third kappa shape index (κ3) is 2.25. The van der Waals surface area contributed by atoms with Crippen LogP contribution in [0, 0.1) is 11.3 Å². The molecule has 2 atom stereocenters. The first kappa shape index (κ1) is 11.5. The predicted molar refractivity (Wildman–Crippen MR) is 55.0 cm³/mol. The number of rotatable bonds is 3. The smallest absolute Gasteiger partial charge is 0.310 e. The Balaban J connectivity index is 2.62. The van der Waals surface area contributed by atoms with Crippen LogP contribution in [0.3, 0.4) is 0 Å². The van der Waals surface area contributed by atoms with Gasteiger partial charge >= 0.3 is 5.97 Å². The molecule has 1 aliphatic heterocycles. The highest BCUT2D eigenvalue weighted by Gasteiger charge is 2.39. The number of hydrogen-bond donors (Lipinski definition) is 3. The molecule has 0 aromatic heterocycles.